The molecular weight excluding hydrogens is 361 g/mol. The van der Waals surface area contributed by atoms with E-state index in [1.807, 2.05) is 0 Å². The monoisotopic (exact) mass is 373 g/mol. The van der Waals surface area contributed by atoms with Crippen LogP contribution in [0, 0.1) is 5.82 Å². The number of hydrogen-bond donors (Lipinski definition) is 2. The first-order valence-electron chi connectivity index (χ1n) is 6.06. The van der Waals surface area contributed by atoms with E-state index in [2.05, 4.69) is 20.7 Å². The molecule has 0 spiro atoms. The number of benzene rings is 2. The molecule has 2 N–H and O–H groups in total. The molecule has 2 aromatic carbocycles. The molecule has 1 unspecified atom stereocenters. The number of rotatable bonds is 4. The second kappa shape index (κ2) is 6.13. The van der Waals surface area contributed by atoms with E-state index in [1.165, 1.54) is 18.2 Å². The van der Waals surface area contributed by atoms with E-state index in [0.29, 0.717) is 5.56 Å². The van der Waals surface area contributed by atoms with Crippen molar-refractivity contribution < 1.29 is 17.9 Å². The molecule has 0 radical (unpaired) electrons. The summed E-state index contributed by atoms with van der Waals surface area (Å²) < 4.78 is 40.3. The fraction of sp³-hybridized carbons (Fsp3) is 0.143. The highest BCUT2D eigenvalue weighted by Gasteiger charge is 2.21. The average molecular weight is 374 g/mol. The van der Waals surface area contributed by atoms with Gasteiger partial charge in [0, 0.05) is 10.5 Å². The first kappa shape index (κ1) is 15.9. The van der Waals surface area contributed by atoms with Gasteiger partial charge in [0.05, 0.1) is 4.90 Å². The smallest absolute Gasteiger partial charge is 0.242 e. The minimum atomic E-state index is -3.81. The van der Waals surface area contributed by atoms with Crippen LogP contribution in [0.25, 0.3) is 0 Å². The predicted molar refractivity (Wildman–Crippen MR) is 80.9 cm³/mol. The molecule has 0 saturated heterocycles. The van der Waals surface area contributed by atoms with Crippen molar-refractivity contribution in [3.63, 3.8) is 0 Å². The van der Waals surface area contributed by atoms with Crippen LogP contribution in [0.4, 0.5) is 4.39 Å². The fourth-order valence-corrected chi connectivity index (χ4v) is 4.13. The van der Waals surface area contributed by atoms with Gasteiger partial charge in [-0.05, 0) is 58.7 Å². The van der Waals surface area contributed by atoms with E-state index in [9.17, 15) is 17.9 Å². The third-order valence-electron chi connectivity index (χ3n) is 2.89. The summed E-state index contributed by atoms with van der Waals surface area (Å²) in [5.74, 6) is -0.469. The van der Waals surface area contributed by atoms with Gasteiger partial charge in [0.2, 0.25) is 10.0 Å². The molecule has 0 bridgehead atoms. The molecule has 0 saturated carbocycles. The maximum Gasteiger partial charge on any atom is 0.242 e. The zero-order valence-electron chi connectivity index (χ0n) is 11.0. The number of sulfonamides is 1. The van der Waals surface area contributed by atoms with Gasteiger partial charge < -0.3 is 5.11 Å². The van der Waals surface area contributed by atoms with Gasteiger partial charge in [-0.3, -0.25) is 0 Å². The third-order valence-corrected chi connectivity index (χ3v) is 5.40. The highest BCUT2D eigenvalue weighted by molar-refractivity contribution is 9.10. The summed E-state index contributed by atoms with van der Waals surface area (Å²) in [6, 6.07) is 9.13. The van der Waals surface area contributed by atoms with Gasteiger partial charge >= 0.3 is 0 Å². The van der Waals surface area contributed by atoms with Crippen molar-refractivity contribution in [2.75, 3.05) is 0 Å². The molecule has 0 aromatic heterocycles. The first-order chi connectivity index (χ1) is 9.79. The Kier molecular flexibility index (Phi) is 4.65. The molecule has 0 fully saturated rings. The van der Waals surface area contributed by atoms with Gasteiger partial charge in [-0.15, -0.1) is 0 Å². The molecule has 7 heteroatoms. The summed E-state index contributed by atoms with van der Waals surface area (Å²) in [5.41, 5.74) is 0.622. The number of phenolic OH excluding ortho intramolecular Hbond substituents is 1. The van der Waals surface area contributed by atoms with E-state index in [1.54, 1.807) is 19.1 Å². The molecule has 0 amide bonds. The lowest BCUT2D eigenvalue weighted by atomic mass is 10.1. The highest BCUT2D eigenvalue weighted by atomic mass is 79.9. The van der Waals surface area contributed by atoms with E-state index in [-0.39, 0.29) is 15.1 Å². The topological polar surface area (TPSA) is 66.4 Å². The third kappa shape index (κ3) is 3.81. The van der Waals surface area contributed by atoms with Crippen molar-refractivity contribution in [3.8, 4) is 5.75 Å². The number of aromatic hydroxyl groups is 1. The zero-order valence-corrected chi connectivity index (χ0v) is 13.4. The Labute approximate surface area is 130 Å². The number of phenols is 1. The van der Waals surface area contributed by atoms with Crippen molar-refractivity contribution in [2.24, 2.45) is 0 Å². The van der Waals surface area contributed by atoms with E-state index in [4.69, 9.17) is 0 Å². The van der Waals surface area contributed by atoms with Crippen LogP contribution < -0.4 is 4.72 Å². The van der Waals surface area contributed by atoms with Gasteiger partial charge in [-0.25, -0.2) is 17.5 Å². The van der Waals surface area contributed by atoms with Crippen LogP contribution in [0.2, 0.25) is 0 Å². The van der Waals surface area contributed by atoms with Crippen LogP contribution in [-0.4, -0.2) is 13.5 Å². The molecule has 2 rings (SSSR count). The lowest BCUT2D eigenvalue weighted by molar-refractivity contribution is 0.473. The standard InChI is InChI=1S/C14H13BrFNO3S/c1-9(10-3-2-4-12(18)7-10)17-21(19,20)14-6-5-11(16)8-13(14)15/h2-9,17-18H,1H3. The minimum absolute atomic E-state index is 0.0455. The van der Waals surface area contributed by atoms with Gasteiger partial charge in [0.1, 0.15) is 11.6 Å². The predicted octanol–water partition coefficient (Wildman–Crippen LogP) is 3.33. The Hall–Kier alpha value is -1.44. The molecule has 0 aliphatic carbocycles. The maximum absolute atomic E-state index is 13.0. The van der Waals surface area contributed by atoms with Gasteiger partial charge in [0.25, 0.3) is 0 Å². The van der Waals surface area contributed by atoms with Crippen LogP contribution >= 0.6 is 15.9 Å². The summed E-state index contributed by atoms with van der Waals surface area (Å²) in [5, 5.41) is 9.43. The lowest BCUT2D eigenvalue weighted by Crippen LogP contribution is -2.27. The Bertz CT molecular complexity index is 765. The van der Waals surface area contributed by atoms with Crippen molar-refractivity contribution in [1.82, 2.24) is 4.72 Å². The Morgan fingerprint density at radius 1 is 1.24 bits per heavy atom. The quantitative estimate of drug-likeness (QED) is 0.863. The maximum atomic E-state index is 13.0. The molecular formula is C14H13BrFNO3S. The van der Waals surface area contributed by atoms with Crippen LogP contribution in [0.15, 0.2) is 51.8 Å². The summed E-state index contributed by atoms with van der Waals surface area (Å²) in [4.78, 5) is -0.0455. The number of hydrogen-bond acceptors (Lipinski definition) is 3. The van der Waals surface area contributed by atoms with E-state index in [0.717, 1.165) is 12.1 Å². The Balaban J connectivity index is 2.29. The molecule has 1 atom stereocenters. The Morgan fingerprint density at radius 2 is 1.95 bits per heavy atom. The molecule has 0 heterocycles. The zero-order chi connectivity index (χ0) is 15.6. The van der Waals surface area contributed by atoms with Crippen molar-refractivity contribution in [1.29, 1.82) is 0 Å². The van der Waals surface area contributed by atoms with Crippen LogP contribution in [0.5, 0.6) is 5.75 Å². The van der Waals surface area contributed by atoms with E-state index < -0.39 is 21.9 Å². The normalized spacial score (nSPS) is 13.1. The van der Waals surface area contributed by atoms with Crippen LogP contribution in [0.3, 0.4) is 0 Å². The molecule has 4 nitrogen and oxygen atoms in total. The summed E-state index contributed by atoms with van der Waals surface area (Å²) in [7, 11) is -3.81. The second-order valence-electron chi connectivity index (χ2n) is 4.51. The van der Waals surface area contributed by atoms with Gasteiger partial charge in [-0.1, -0.05) is 12.1 Å². The SMILES string of the molecule is CC(NS(=O)(=O)c1ccc(F)cc1Br)c1cccc(O)c1. The van der Waals surface area contributed by atoms with Crippen LogP contribution in [-0.2, 0) is 10.0 Å². The number of nitrogens with one attached hydrogen (secondary N) is 1. The van der Waals surface area contributed by atoms with Crippen LogP contribution in [0.1, 0.15) is 18.5 Å². The lowest BCUT2D eigenvalue weighted by Gasteiger charge is -2.15. The second-order valence-corrected chi connectivity index (χ2v) is 7.05. The van der Waals surface area contributed by atoms with Crippen molar-refractivity contribution >= 4 is 26.0 Å². The Morgan fingerprint density at radius 3 is 2.57 bits per heavy atom. The number of halogens is 2. The molecule has 2 aromatic rings. The average Bonchev–Trinajstić information content (AvgIpc) is 2.37. The van der Waals surface area contributed by atoms with Gasteiger partial charge in [-0.2, -0.15) is 0 Å². The van der Waals surface area contributed by atoms with Gasteiger partial charge in [0.15, 0.2) is 0 Å². The molecule has 21 heavy (non-hydrogen) atoms. The first-order valence-corrected chi connectivity index (χ1v) is 8.33. The molecule has 112 valence electrons. The molecule has 0 aliphatic rings. The summed E-state index contributed by atoms with van der Waals surface area (Å²) in [6.07, 6.45) is 0. The minimum Gasteiger partial charge on any atom is -0.508 e. The van der Waals surface area contributed by atoms with Crippen molar-refractivity contribution in [2.45, 2.75) is 17.9 Å². The fourth-order valence-electron chi connectivity index (χ4n) is 1.85. The highest BCUT2D eigenvalue weighted by Crippen LogP contribution is 2.25. The summed E-state index contributed by atoms with van der Waals surface area (Å²) >= 11 is 3.04. The van der Waals surface area contributed by atoms with E-state index >= 15 is 0 Å². The van der Waals surface area contributed by atoms with Crippen molar-refractivity contribution in [3.05, 3.63) is 58.3 Å². The largest absolute Gasteiger partial charge is 0.508 e. The summed E-state index contributed by atoms with van der Waals surface area (Å²) in [6.45, 7) is 1.66. The molecule has 0 aliphatic heterocycles.